The lowest BCUT2D eigenvalue weighted by atomic mass is 9.91. The second kappa shape index (κ2) is 10.3. The summed E-state index contributed by atoms with van der Waals surface area (Å²) in [5.41, 5.74) is 1.78. The van der Waals surface area contributed by atoms with Gasteiger partial charge >= 0.3 is 5.97 Å². The average Bonchev–Trinajstić information content (AvgIpc) is 2.88. The van der Waals surface area contributed by atoms with Gasteiger partial charge in [-0.1, -0.05) is 18.2 Å². The van der Waals surface area contributed by atoms with Gasteiger partial charge in [-0.25, -0.2) is 9.78 Å². The van der Waals surface area contributed by atoms with E-state index in [9.17, 15) is 4.79 Å². The Kier molecular flexibility index (Phi) is 6.79. The third-order valence-electron chi connectivity index (χ3n) is 7.66. The van der Waals surface area contributed by atoms with Gasteiger partial charge in [0, 0.05) is 63.5 Å². The van der Waals surface area contributed by atoms with Crippen molar-refractivity contribution in [3.8, 4) is 5.88 Å². The molecule has 6 rings (SSSR count). The number of rotatable bonds is 7. The summed E-state index contributed by atoms with van der Waals surface area (Å²) in [6.45, 7) is 5.76. The van der Waals surface area contributed by atoms with Gasteiger partial charge in [-0.15, -0.1) is 5.06 Å². The number of hydroxylamine groups is 2. The lowest BCUT2D eigenvalue weighted by Crippen LogP contribution is -2.71. The summed E-state index contributed by atoms with van der Waals surface area (Å²) in [5, 5.41) is 5.24. The zero-order chi connectivity index (χ0) is 24.4. The van der Waals surface area contributed by atoms with Crippen LogP contribution in [0, 0.1) is 0 Å². The van der Waals surface area contributed by atoms with Crippen molar-refractivity contribution in [3.63, 3.8) is 0 Å². The number of aromatic nitrogens is 1. The van der Waals surface area contributed by atoms with Gasteiger partial charge in [-0.2, -0.15) is 0 Å². The van der Waals surface area contributed by atoms with Crippen molar-refractivity contribution >= 4 is 11.7 Å². The zero-order valence-corrected chi connectivity index (χ0v) is 20.5. The number of hydrogen-bond donors (Lipinski definition) is 1. The van der Waals surface area contributed by atoms with Crippen LogP contribution in [0.25, 0.3) is 0 Å². The Balaban J connectivity index is 0.932. The predicted molar refractivity (Wildman–Crippen MR) is 133 cm³/mol. The van der Waals surface area contributed by atoms with Crippen molar-refractivity contribution in [3.05, 3.63) is 54.2 Å². The molecule has 4 heterocycles. The Bertz CT molecular complexity index is 1040. The molecule has 3 saturated heterocycles. The molecule has 1 spiro atoms. The normalized spacial score (nSPS) is 26.2. The first-order valence-corrected chi connectivity index (χ1v) is 13.0. The van der Waals surface area contributed by atoms with Crippen LogP contribution < -0.4 is 15.0 Å². The molecule has 1 saturated carbocycles. The zero-order valence-electron chi connectivity index (χ0n) is 20.5. The molecule has 0 bridgehead atoms. The number of ether oxygens (including phenoxy) is 3. The van der Waals surface area contributed by atoms with E-state index >= 15 is 0 Å². The number of benzene rings is 1. The monoisotopic (exact) mass is 494 g/mol. The van der Waals surface area contributed by atoms with Crippen LogP contribution in [-0.4, -0.2) is 85.8 Å². The van der Waals surface area contributed by atoms with Gasteiger partial charge in [0.2, 0.25) is 5.88 Å². The third-order valence-corrected chi connectivity index (χ3v) is 7.66. The standard InChI is InChI=1S/C27H34N4O5/c32-26(20-4-2-1-3-5-20)36-30-11-7-22(8-12-30)34-23-15-24(16-23)35-25-14-21(6-9-29-25)31-13-10-28-17-27(31)18-33-19-27/h1-6,9,14,22-24,28H,7-8,10-13,15-19H2. The van der Waals surface area contributed by atoms with E-state index in [2.05, 4.69) is 27.3 Å². The summed E-state index contributed by atoms with van der Waals surface area (Å²) in [6.07, 6.45) is 5.83. The summed E-state index contributed by atoms with van der Waals surface area (Å²) in [4.78, 5) is 24.7. The third kappa shape index (κ3) is 5.06. The number of nitrogens with zero attached hydrogens (tertiary/aromatic N) is 3. The Hall–Kier alpha value is -2.72. The number of hydrogen-bond acceptors (Lipinski definition) is 9. The maximum absolute atomic E-state index is 12.2. The summed E-state index contributed by atoms with van der Waals surface area (Å²) in [5.74, 6) is 0.373. The molecule has 0 radical (unpaired) electrons. The first-order valence-electron chi connectivity index (χ1n) is 13.0. The number of piperazine rings is 1. The second-order valence-corrected chi connectivity index (χ2v) is 10.2. The molecular formula is C27H34N4O5. The fourth-order valence-corrected chi connectivity index (χ4v) is 5.45. The van der Waals surface area contributed by atoms with Gasteiger partial charge in [0.05, 0.1) is 36.5 Å². The quantitative estimate of drug-likeness (QED) is 0.624. The number of carbonyl (C=O) groups is 1. The molecule has 1 aromatic heterocycles. The lowest BCUT2D eigenvalue weighted by molar-refractivity contribution is -0.161. The molecule has 0 atom stereocenters. The minimum atomic E-state index is -0.306. The smallest absolute Gasteiger partial charge is 0.357 e. The highest BCUT2D eigenvalue weighted by atomic mass is 16.7. The summed E-state index contributed by atoms with van der Waals surface area (Å²) in [6, 6.07) is 13.2. The van der Waals surface area contributed by atoms with Crippen LogP contribution in [0.4, 0.5) is 5.69 Å². The molecule has 9 heteroatoms. The number of anilines is 1. The lowest BCUT2D eigenvalue weighted by Gasteiger charge is -2.53. The van der Waals surface area contributed by atoms with Crippen molar-refractivity contribution < 1.29 is 23.8 Å². The SMILES string of the molecule is O=C(ON1CCC(OC2CC(Oc3cc(N4CCNCC45COC5)ccn3)C2)CC1)c1ccccc1. The van der Waals surface area contributed by atoms with Gasteiger partial charge in [-0.3, -0.25) is 0 Å². The second-order valence-electron chi connectivity index (χ2n) is 10.2. The van der Waals surface area contributed by atoms with Crippen LogP contribution >= 0.6 is 0 Å². The van der Waals surface area contributed by atoms with Crippen molar-refractivity contribution in [1.82, 2.24) is 15.4 Å². The number of pyridine rings is 1. The maximum atomic E-state index is 12.2. The number of piperidine rings is 1. The van der Waals surface area contributed by atoms with Crippen LogP contribution in [0.2, 0.25) is 0 Å². The molecule has 4 fully saturated rings. The molecular weight excluding hydrogens is 460 g/mol. The summed E-state index contributed by atoms with van der Waals surface area (Å²) >= 11 is 0. The van der Waals surface area contributed by atoms with Gasteiger partial charge in [0.15, 0.2) is 0 Å². The highest BCUT2D eigenvalue weighted by Gasteiger charge is 2.46. The molecule has 1 aromatic carbocycles. The van der Waals surface area contributed by atoms with Crippen LogP contribution in [0.3, 0.4) is 0 Å². The van der Waals surface area contributed by atoms with E-state index in [0.29, 0.717) is 24.5 Å². The predicted octanol–water partition coefficient (Wildman–Crippen LogP) is 2.42. The van der Waals surface area contributed by atoms with Gasteiger partial charge in [0.25, 0.3) is 0 Å². The van der Waals surface area contributed by atoms with E-state index in [4.69, 9.17) is 19.0 Å². The molecule has 1 N–H and O–H groups in total. The molecule has 1 aliphatic carbocycles. The minimum Gasteiger partial charge on any atom is -0.474 e. The van der Waals surface area contributed by atoms with Crippen LogP contribution in [-0.2, 0) is 14.3 Å². The van der Waals surface area contributed by atoms with Crippen LogP contribution in [0.15, 0.2) is 48.7 Å². The number of carbonyl (C=O) groups excluding carboxylic acids is 1. The topological polar surface area (TPSA) is 85.4 Å². The number of nitrogens with one attached hydrogen (secondary N) is 1. The van der Waals surface area contributed by atoms with E-state index < -0.39 is 0 Å². The van der Waals surface area contributed by atoms with Crippen molar-refractivity contribution in [2.75, 3.05) is 50.8 Å². The fraction of sp³-hybridized carbons (Fsp3) is 0.556. The van der Waals surface area contributed by atoms with E-state index in [1.165, 1.54) is 0 Å². The first kappa shape index (κ1) is 23.7. The highest BCUT2D eigenvalue weighted by molar-refractivity contribution is 5.89. The Morgan fingerprint density at radius 1 is 1.03 bits per heavy atom. The molecule has 0 unspecified atom stereocenters. The average molecular weight is 495 g/mol. The molecule has 36 heavy (non-hydrogen) atoms. The maximum Gasteiger partial charge on any atom is 0.357 e. The largest absolute Gasteiger partial charge is 0.474 e. The van der Waals surface area contributed by atoms with Crippen LogP contribution in [0.5, 0.6) is 5.88 Å². The highest BCUT2D eigenvalue weighted by Crippen LogP contribution is 2.35. The van der Waals surface area contributed by atoms with Crippen molar-refractivity contribution in [2.24, 2.45) is 0 Å². The molecule has 9 nitrogen and oxygen atoms in total. The van der Waals surface area contributed by atoms with Gasteiger partial charge in [-0.05, 0) is 31.0 Å². The first-order chi connectivity index (χ1) is 17.7. The molecule has 2 aromatic rings. The Labute approximate surface area is 211 Å². The Morgan fingerprint density at radius 3 is 2.58 bits per heavy atom. The summed E-state index contributed by atoms with van der Waals surface area (Å²) < 4.78 is 18.0. The van der Waals surface area contributed by atoms with Crippen LogP contribution in [0.1, 0.15) is 36.0 Å². The van der Waals surface area contributed by atoms with E-state index in [1.54, 1.807) is 17.2 Å². The fourth-order valence-electron chi connectivity index (χ4n) is 5.45. The van der Waals surface area contributed by atoms with Gasteiger partial charge in [0.1, 0.15) is 6.10 Å². The minimum absolute atomic E-state index is 0.0573. The summed E-state index contributed by atoms with van der Waals surface area (Å²) in [7, 11) is 0. The van der Waals surface area contributed by atoms with Gasteiger partial charge < -0.3 is 29.3 Å². The molecule has 192 valence electrons. The van der Waals surface area contributed by atoms with E-state index in [0.717, 1.165) is 64.2 Å². The molecule has 3 aliphatic heterocycles. The van der Waals surface area contributed by atoms with Crippen molar-refractivity contribution in [2.45, 2.75) is 49.5 Å². The molecule has 4 aliphatic rings. The van der Waals surface area contributed by atoms with E-state index in [-0.39, 0.29) is 29.8 Å². The molecule has 0 amide bonds. The Morgan fingerprint density at radius 2 is 1.83 bits per heavy atom. The van der Waals surface area contributed by atoms with Crippen molar-refractivity contribution in [1.29, 1.82) is 0 Å². The van der Waals surface area contributed by atoms with E-state index in [1.807, 2.05) is 24.4 Å².